The molecule has 6 nitrogen and oxygen atoms in total. The van der Waals surface area contributed by atoms with E-state index in [0.717, 1.165) is 43.4 Å². The average molecular weight is 382 g/mol. The van der Waals surface area contributed by atoms with Gasteiger partial charge >= 0.3 is 0 Å². The number of carbonyl (C=O) groups is 1. The highest BCUT2D eigenvalue weighted by atomic mass is 32.1. The lowest BCUT2D eigenvalue weighted by Gasteiger charge is -2.29. The van der Waals surface area contributed by atoms with Gasteiger partial charge in [0.25, 0.3) is 0 Å². The maximum absolute atomic E-state index is 12.2. The Labute approximate surface area is 162 Å². The molecule has 1 amide bonds. The van der Waals surface area contributed by atoms with Crippen molar-refractivity contribution in [2.75, 3.05) is 0 Å². The van der Waals surface area contributed by atoms with Gasteiger partial charge in [0, 0.05) is 36.6 Å². The number of nitrogens with zero attached hydrogens (tertiary/aromatic N) is 4. The SMILES string of the molecule is O=C(CCc1ccsc1)NC1CCC(n2cc(-c3cnccn3)cn2)CC1. The zero-order chi connectivity index (χ0) is 18.5. The van der Waals surface area contributed by atoms with Crippen molar-refractivity contribution in [3.05, 3.63) is 53.4 Å². The molecule has 0 spiro atoms. The molecule has 1 saturated carbocycles. The van der Waals surface area contributed by atoms with Gasteiger partial charge in [0.05, 0.1) is 24.1 Å². The third-order valence-corrected chi connectivity index (χ3v) is 5.85. The van der Waals surface area contributed by atoms with Crippen molar-refractivity contribution in [2.45, 2.75) is 50.6 Å². The summed E-state index contributed by atoms with van der Waals surface area (Å²) in [6.07, 6.45) is 14.4. The highest BCUT2D eigenvalue weighted by molar-refractivity contribution is 7.07. The van der Waals surface area contributed by atoms with E-state index < -0.39 is 0 Å². The Hall–Kier alpha value is -2.54. The fraction of sp³-hybridized carbons (Fsp3) is 0.400. The number of carbonyl (C=O) groups excluding carboxylic acids is 1. The molecule has 27 heavy (non-hydrogen) atoms. The molecule has 0 unspecified atom stereocenters. The molecule has 0 saturated heterocycles. The van der Waals surface area contributed by atoms with Crippen molar-refractivity contribution in [1.29, 1.82) is 0 Å². The van der Waals surface area contributed by atoms with Crippen LogP contribution in [-0.2, 0) is 11.2 Å². The van der Waals surface area contributed by atoms with Gasteiger partial charge in [-0.1, -0.05) is 0 Å². The second-order valence-corrected chi connectivity index (χ2v) is 7.78. The first kappa shape index (κ1) is 17.9. The van der Waals surface area contributed by atoms with Crippen LogP contribution >= 0.6 is 11.3 Å². The normalized spacial score (nSPS) is 19.7. The lowest BCUT2D eigenvalue weighted by Crippen LogP contribution is -2.38. The summed E-state index contributed by atoms with van der Waals surface area (Å²) in [5.41, 5.74) is 3.08. The lowest BCUT2D eigenvalue weighted by molar-refractivity contribution is -0.122. The number of rotatable bonds is 6. The summed E-state index contributed by atoms with van der Waals surface area (Å²) in [6.45, 7) is 0. The monoisotopic (exact) mass is 381 g/mol. The number of thiophene rings is 1. The predicted molar refractivity (Wildman–Crippen MR) is 105 cm³/mol. The zero-order valence-electron chi connectivity index (χ0n) is 15.1. The summed E-state index contributed by atoms with van der Waals surface area (Å²) < 4.78 is 2.04. The van der Waals surface area contributed by atoms with Gasteiger partial charge in [-0.05, 0) is 54.5 Å². The quantitative estimate of drug-likeness (QED) is 0.708. The molecule has 1 aliphatic rings. The van der Waals surface area contributed by atoms with Crippen molar-refractivity contribution in [3.8, 4) is 11.3 Å². The number of amides is 1. The minimum absolute atomic E-state index is 0.161. The molecule has 1 aliphatic carbocycles. The van der Waals surface area contributed by atoms with Crippen molar-refractivity contribution >= 4 is 17.2 Å². The minimum atomic E-state index is 0.161. The second-order valence-electron chi connectivity index (χ2n) is 7.00. The summed E-state index contributed by atoms with van der Waals surface area (Å²) in [5.74, 6) is 0.161. The largest absolute Gasteiger partial charge is 0.353 e. The fourth-order valence-corrected chi connectivity index (χ4v) is 4.30. The van der Waals surface area contributed by atoms with E-state index in [4.69, 9.17) is 0 Å². The number of nitrogens with one attached hydrogen (secondary N) is 1. The summed E-state index contributed by atoms with van der Waals surface area (Å²) in [6, 6.07) is 2.75. The molecule has 0 bridgehead atoms. The van der Waals surface area contributed by atoms with Crippen LogP contribution in [0.25, 0.3) is 11.3 Å². The van der Waals surface area contributed by atoms with E-state index in [1.807, 2.05) is 10.9 Å². The predicted octanol–water partition coefficient (Wildman–Crippen LogP) is 3.63. The molecule has 140 valence electrons. The molecule has 0 atom stereocenters. The standard InChI is InChI=1S/C20H23N5OS/c26-20(6-1-15-7-10-27-14-15)24-17-2-4-18(5-3-17)25-13-16(11-23-25)19-12-21-8-9-22-19/h7-14,17-18H,1-6H2,(H,24,26). The molecule has 4 rings (SSSR count). The molecular formula is C20H23N5OS. The number of hydrogen-bond donors (Lipinski definition) is 1. The zero-order valence-corrected chi connectivity index (χ0v) is 15.9. The lowest BCUT2D eigenvalue weighted by atomic mass is 9.91. The summed E-state index contributed by atoms with van der Waals surface area (Å²) >= 11 is 1.68. The molecule has 1 N–H and O–H groups in total. The Balaban J connectivity index is 1.25. The first-order valence-electron chi connectivity index (χ1n) is 9.39. The molecular weight excluding hydrogens is 358 g/mol. The minimum Gasteiger partial charge on any atom is -0.353 e. The van der Waals surface area contributed by atoms with Crippen LogP contribution in [-0.4, -0.2) is 31.7 Å². The van der Waals surface area contributed by atoms with E-state index in [1.165, 1.54) is 5.56 Å². The Kier molecular flexibility index (Phi) is 5.58. The summed E-state index contributed by atoms with van der Waals surface area (Å²) in [4.78, 5) is 20.6. The molecule has 0 aliphatic heterocycles. The van der Waals surface area contributed by atoms with E-state index in [0.29, 0.717) is 12.5 Å². The van der Waals surface area contributed by atoms with Crippen molar-refractivity contribution in [3.63, 3.8) is 0 Å². The van der Waals surface area contributed by atoms with Gasteiger partial charge in [-0.15, -0.1) is 0 Å². The average Bonchev–Trinajstić information content (AvgIpc) is 3.40. The Morgan fingerprint density at radius 3 is 2.85 bits per heavy atom. The van der Waals surface area contributed by atoms with Gasteiger partial charge in [-0.2, -0.15) is 16.4 Å². The maximum atomic E-state index is 12.2. The molecule has 0 radical (unpaired) electrons. The topological polar surface area (TPSA) is 72.7 Å². The van der Waals surface area contributed by atoms with Crippen molar-refractivity contribution in [2.24, 2.45) is 0 Å². The van der Waals surface area contributed by atoms with Crippen molar-refractivity contribution < 1.29 is 4.79 Å². The number of aromatic nitrogens is 4. The first-order valence-corrected chi connectivity index (χ1v) is 10.3. The van der Waals surface area contributed by atoms with Gasteiger partial charge in [0.1, 0.15) is 0 Å². The molecule has 0 aromatic carbocycles. The Morgan fingerprint density at radius 2 is 2.11 bits per heavy atom. The van der Waals surface area contributed by atoms with E-state index in [1.54, 1.807) is 29.9 Å². The van der Waals surface area contributed by atoms with E-state index in [-0.39, 0.29) is 11.9 Å². The van der Waals surface area contributed by atoms with E-state index in [9.17, 15) is 4.79 Å². The van der Waals surface area contributed by atoms with Crippen LogP contribution in [0.4, 0.5) is 0 Å². The van der Waals surface area contributed by atoms with Gasteiger partial charge in [-0.3, -0.25) is 19.4 Å². The van der Waals surface area contributed by atoms with Crippen molar-refractivity contribution in [1.82, 2.24) is 25.1 Å². The van der Waals surface area contributed by atoms with Crippen LogP contribution in [0.3, 0.4) is 0 Å². The summed E-state index contributed by atoms with van der Waals surface area (Å²) in [7, 11) is 0. The van der Waals surface area contributed by atoms with Gasteiger partial charge < -0.3 is 5.32 Å². The van der Waals surface area contributed by atoms with Crippen LogP contribution in [0.5, 0.6) is 0 Å². The molecule has 3 aromatic rings. The van der Waals surface area contributed by atoms with Crippen LogP contribution in [0.1, 0.15) is 43.7 Å². The van der Waals surface area contributed by atoms with Crippen LogP contribution in [0, 0.1) is 0 Å². The second kappa shape index (κ2) is 8.43. The molecule has 7 heteroatoms. The van der Waals surface area contributed by atoms with Gasteiger partial charge in [0.2, 0.25) is 5.91 Å². The smallest absolute Gasteiger partial charge is 0.220 e. The van der Waals surface area contributed by atoms with Gasteiger partial charge in [-0.25, -0.2) is 0 Å². The third kappa shape index (κ3) is 4.60. The van der Waals surface area contributed by atoms with Crippen LogP contribution < -0.4 is 5.32 Å². The summed E-state index contributed by atoms with van der Waals surface area (Å²) in [5, 5.41) is 11.9. The fourth-order valence-electron chi connectivity index (χ4n) is 3.60. The van der Waals surface area contributed by atoms with E-state index >= 15 is 0 Å². The third-order valence-electron chi connectivity index (χ3n) is 5.12. The molecule has 3 heterocycles. The number of aryl methyl sites for hydroxylation is 1. The number of hydrogen-bond acceptors (Lipinski definition) is 5. The van der Waals surface area contributed by atoms with E-state index in [2.05, 4.69) is 43.4 Å². The van der Waals surface area contributed by atoms with Gasteiger partial charge in [0.15, 0.2) is 0 Å². The highest BCUT2D eigenvalue weighted by Crippen LogP contribution is 2.29. The maximum Gasteiger partial charge on any atom is 0.220 e. The van der Waals surface area contributed by atoms with Crippen LogP contribution in [0.2, 0.25) is 0 Å². The highest BCUT2D eigenvalue weighted by Gasteiger charge is 2.24. The Morgan fingerprint density at radius 1 is 1.22 bits per heavy atom. The molecule has 1 fully saturated rings. The Bertz CT molecular complexity index is 854. The first-order chi connectivity index (χ1) is 13.3. The molecule has 3 aromatic heterocycles. The van der Waals surface area contributed by atoms with Crippen LogP contribution in [0.15, 0.2) is 47.8 Å².